The van der Waals surface area contributed by atoms with Crippen molar-refractivity contribution in [3.8, 4) is 0 Å². The van der Waals surface area contributed by atoms with Crippen molar-refractivity contribution in [2.45, 2.75) is 13.0 Å². The normalized spacial score (nSPS) is 11.1. The van der Waals surface area contributed by atoms with Gasteiger partial charge in [0, 0.05) is 6.54 Å². The van der Waals surface area contributed by atoms with Gasteiger partial charge in [0.2, 0.25) is 0 Å². The van der Waals surface area contributed by atoms with Crippen molar-refractivity contribution >= 4 is 5.97 Å². The summed E-state index contributed by atoms with van der Waals surface area (Å²) in [7, 11) is 1.57. The van der Waals surface area contributed by atoms with E-state index in [0.29, 0.717) is 12.1 Å². The van der Waals surface area contributed by atoms with E-state index >= 15 is 0 Å². The second-order valence-electron chi connectivity index (χ2n) is 3.59. The fraction of sp³-hybridized carbons (Fsp3) is 0.364. The highest BCUT2D eigenvalue weighted by Gasteiger charge is 2.09. The monoisotopic (exact) mass is 229 g/mol. The Morgan fingerprint density at radius 3 is 2.75 bits per heavy atom. The lowest BCUT2D eigenvalue weighted by Gasteiger charge is -2.15. The van der Waals surface area contributed by atoms with Gasteiger partial charge in [0.1, 0.15) is 0 Å². The summed E-state index contributed by atoms with van der Waals surface area (Å²) in [6.45, 7) is -0.0112. The Balaban J connectivity index is 2.66. The zero-order chi connectivity index (χ0) is 12.1. The number of rotatable bonds is 5. The van der Waals surface area contributed by atoms with Gasteiger partial charge in [-0.25, -0.2) is 13.6 Å². The highest BCUT2D eigenvalue weighted by molar-refractivity contribution is 5.87. The van der Waals surface area contributed by atoms with Crippen LogP contribution in [0.4, 0.5) is 8.78 Å². The molecule has 0 spiro atoms. The lowest BCUT2D eigenvalue weighted by molar-refractivity contribution is 0.0696. The molecule has 0 radical (unpaired) electrons. The summed E-state index contributed by atoms with van der Waals surface area (Å²) in [5.74, 6) is -1.02. The molecule has 0 atom stereocenters. The first-order chi connectivity index (χ1) is 7.49. The van der Waals surface area contributed by atoms with E-state index in [1.165, 1.54) is 17.0 Å². The van der Waals surface area contributed by atoms with Crippen molar-refractivity contribution < 1.29 is 18.7 Å². The van der Waals surface area contributed by atoms with Gasteiger partial charge in [0.15, 0.2) is 0 Å². The van der Waals surface area contributed by atoms with E-state index in [-0.39, 0.29) is 12.1 Å². The minimum atomic E-state index is -2.38. The molecule has 0 amide bonds. The molecule has 0 fully saturated rings. The number of aromatic carboxylic acids is 1. The molecule has 1 rings (SSSR count). The van der Waals surface area contributed by atoms with Crippen LogP contribution in [0.3, 0.4) is 0 Å². The van der Waals surface area contributed by atoms with Crippen LogP contribution in [0.5, 0.6) is 0 Å². The van der Waals surface area contributed by atoms with Crippen LogP contribution in [0.1, 0.15) is 15.9 Å². The lowest BCUT2D eigenvalue weighted by atomic mass is 10.1. The third kappa shape index (κ3) is 3.94. The molecule has 88 valence electrons. The molecule has 0 aromatic heterocycles. The van der Waals surface area contributed by atoms with Gasteiger partial charge < -0.3 is 5.11 Å². The van der Waals surface area contributed by atoms with Gasteiger partial charge in [0.05, 0.1) is 12.1 Å². The van der Waals surface area contributed by atoms with Crippen LogP contribution in [-0.4, -0.2) is 36.0 Å². The average Bonchev–Trinajstić information content (AvgIpc) is 2.16. The van der Waals surface area contributed by atoms with E-state index < -0.39 is 12.4 Å². The van der Waals surface area contributed by atoms with Crippen LogP contribution in [0.25, 0.3) is 0 Å². The molecule has 16 heavy (non-hydrogen) atoms. The number of carboxylic acid groups (broad SMARTS) is 1. The smallest absolute Gasteiger partial charge is 0.335 e. The van der Waals surface area contributed by atoms with Crippen LogP contribution < -0.4 is 0 Å². The van der Waals surface area contributed by atoms with Crippen molar-refractivity contribution in [2.75, 3.05) is 13.6 Å². The molecule has 1 N–H and O–H groups in total. The number of alkyl halides is 2. The van der Waals surface area contributed by atoms with Crippen LogP contribution >= 0.6 is 0 Å². The number of benzene rings is 1. The Hall–Kier alpha value is -1.49. The summed E-state index contributed by atoms with van der Waals surface area (Å²) in [6.07, 6.45) is -2.38. The number of hydrogen-bond acceptors (Lipinski definition) is 2. The summed E-state index contributed by atoms with van der Waals surface area (Å²) < 4.78 is 24.1. The SMILES string of the molecule is CN(Cc1cccc(C(=O)O)c1)CC(F)F. The van der Waals surface area contributed by atoms with Gasteiger partial charge in [-0.3, -0.25) is 4.90 Å². The second-order valence-corrected chi connectivity index (χ2v) is 3.59. The number of halogens is 2. The molecule has 3 nitrogen and oxygen atoms in total. The van der Waals surface area contributed by atoms with Crippen LogP contribution in [0.2, 0.25) is 0 Å². The number of carboxylic acids is 1. The molecule has 0 saturated heterocycles. The third-order valence-electron chi connectivity index (χ3n) is 2.08. The van der Waals surface area contributed by atoms with Crippen molar-refractivity contribution in [1.29, 1.82) is 0 Å². The van der Waals surface area contributed by atoms with Gasteiger partial charge in [-0.1, -0.05) is 12.1 Å². The van der Waals surface area contributed by atoms with E-state index in [1.54, 1.807) is 19.2 Å². The summed E-state index contributed by atoms with van der Waals surface area (Å²) in [6, 6.07) is 6.28. The Morgan fingerprint density at radius 1 is 1.50 bits per heavy atom. The molecule has 1 aromatic carbocycles. The molecule has 0 aliphatic carbocycles. The van der Waals surface area contributed by atoms with Gasteiger partial charge >= 0.3 is 5.97 Å². The van der Waals surface area contributed by atoms with E-state index in [2.05, 4.69) is 0 Å². The summed E-state index contributed by atoms with van der Waals surface area (Å²) in [5, 5.41) is 8.76. The number of hydrogen-bond donors (Lipinski definition) is 1. The molecule has 0 aliphatic rings. The second kappa shape index (κ2) is 5.55. The van der Waals surface area contributed by atoms with Crippen LogP contribution in [0.15, 0.2) is 24.3 Å². The fourth-order valence-corrected chi connectivity index (χ4v) is 1.41. The van der Waals surface area contributed by atoms with Crippen molar-refractivity contribution in [1.82, 2.24) is 4.90 Å². The zero-order valence-electron chi connectivity index (χ0n) is 8.86. The third-order valence-corrected chi connectivity index (χ3v) is 2.08. The molecule has 0 bridgehead atoms. The lowest BCUT2D eigenvalue weighted by Crippen LogP contribution is -2.24. The highest BCUT2D eigenvalue weighted by Crippen LogP contribution is 2.08. The van der Waals surface area contributed by atoms with E-state index in [0.717, 1.165) is 0 Å². The quantitative estimate of drug-likeness (QED) is 0.840. The minimum absolute atomic E-state index is 0.169. The number of nitrogens with zero attached hydrogens (tertiary/aromatic N) is 1. The van der Waals surface area contributed by atoms with Gasteiger partial charge in [-0.15, -0.1) is 0 Å². The maximum absolute atomic E-state index is 12.1. The van der Waals surface area contributed by atoms with Gasteiger partial charge in [0.25, 0.3) is 6.43 Å². The Labute approximate surface area is 92.3 Å². The highest BCUT2D eigenvalue weighted by atomic mass is 19.3. The predicted molar refractivity (Wildman–Crippen MR) is 55.7 cm³/mol. The standard InChI is InChI=1S/C11H13F2NO2/c1-14(7-10(12)13)6-8-3-2-4-9(5-8)11(15)16/h2-5,10H,6-7H2,1H3,(H,15,16). The topological polar surface area (TPSA) is 40.5 Å². The Bertz CT molecular complexity index is 369. The Kier molecular flexibility index (Phi) is 4.37. The maximum atomic E-state index is 12.1. The van der Waals surface area contributed by atoms with Crippen LogP contribution in [-0.2, 0) is 6.54 Å². The fourth-order valence-electron chi connectivity index (χ4n) is 1.41. The summed E-state index contributed by atoms with van der Waals surface area (Å²) >= 11 is 0. The van der Waals surface area contributed by atoms with Crippen molar-refractivity contribution in [3.05, 3.63) is 35.4 Å². The average molecular weight is 229 g/mol. The first-order valence-electron chi connectivity index (χ1n) is 4.78. The van der Waals surface area contributed by atoms with Crippen LogP contribution in [0, 0.1) is 0 Å². The predicted octanol–water partition coefficient (Wildman–Crippen LogP) is 2.08. The molecule has 0 heterocycles. The molecule has 1 aromatic rings. The summed E-state index contributed by atoms with van der Waals surface area (Å²) in [4.78, 5) is 12.1. The summed E-state index contributed by atoms with van der Waals surface area (Å²) in [5.41, 5.74) is 0.881. The maximum Gasteiger partial charge on any atom is 0.335 e. The van der Waals surface area contributed by atoms with Crippen molar-refractivity contribution in [3.63, 3.8) is 0 Å². The van der Waals surface area contributed by atoms with Gasteiger partial charge in [-0.05, 0) is 24.7 Å². The van der Waals surface area contributed by atoms with E-state index in [1.807, 2.05) is 0 Å². The minimum Gasteiger partial charge on any atom is -0.478 e. The molecular weight excluding hydrogens is 216 g/mol. The van der Waals surface area contributed by atoms with E-state index in [9.17, 15) is 13.6 Å². The van der Waals surface area contributed by atoms with Crippen molar-refractivity contribution in [2.24, 2.45) is 0 Å². The largest absolute Gasteiger partial charge is 0.478 e. The van der Waals surface area contributed by atoms with E-state index in [4.69, 9.17) is 5.11 Å². The molecule has 0 saturated carbocycles. The molecule has 5 heteroatoms. The molecular formula is C11H13F2NO2. The molecule has 0 unspecified atom stereocenters. The molecule has 0 aliphatic heterocycles. The number of carbonyl (C=O) groups is 1. The first kappa shape index (κ1) is 12.6. The first-order valence-corrected chi connectivity index (χ1v) is 4.78. The Morgan fingerprint density at radius 2 is 2.19 bits per heavy atom. The zero-order valence-corrected chi connectivity index (χ0v) is 8.86. The van der Waals surface area contributed by atoms with Gasteiger partial charge in [-0.2, -0.15) is 0 Å².